The van der Waals surface area contributed by atoms with E-state index in [1.807, 2.05) is 0 Å². The Hall–Kier alpha value is -2.94. The molecule has 28 heavy (non-hydrogen) atoms. The number of hydrogen-bond acceptors (Lipinski definition) is 5. The number of imidazole rings is 1. The highest BCUT2D eigenvalue weighted by molar-refractivity contribution is 5.94. The predicted molar refractivity (Wildman–Crippen MR) is 98.4 cm³/mol. The first-order valence-corrected chi connectivity index (χ1v) is 9.33. The van der Waals surface area contributed by atoms with E-state index in [9.17, 15) is 9.18 Å². The smallest absolute Gasteiger partial charge is 0.228 e. The van der Waals surface area contributed by atoms with Gasteiger partial charge in [0.15, 0.2) is 0 Å². The van der Waals surface area contributed by atoms with Crippen molar-refractivity contribution in [3.63, 3.8) is 0 Å². The summed E-state index contributed by atoms with van der Waals surface area (Å²) in [6.07, 6.45) is 5.49. The number of anilines is 1. The summed E-state index contributed by atoms with van der Waals surface area (Å²) in [7, 11) is 0. The van der Waals surface area contributed by atoms with Crippen LogP contribution in [0.1, 0.15) is 25.1 Å². The maximum Gasteiger partial charge on any atom is 0.228 e. The molecule has 7 nitrogen and oxygen atoms in total. The molecule has 3 aromatic rings. The maximum absolute atomic E-state index is 15.3. The zero-order valence-corrected chi connectivity index (χ0v) is 15.0. The van der Waals surface area contributed by atoms with Crippen LogP contribution in [-0.2, 0) is 17.9 Å². The molecule has 1 saturated carbocycles. The Morgan fingerprint density at radius 1 is 1.25 bits per heavy atom. The zero-order valence-electron chi connectivity index (χ0n) is 15.0. The molecule has 1 amide bonds. The average molecular weight is 384 g/mol. The van der Waals surface area contributed by atoms with E-state index in [2.05, 4.69) is 25.6 Å². The van der Waals surface area contributed by atoms with Crippen molar-refractivity contribution >= 4 is 22.6 Å². The quantitative estimate of drug-likeness (QED) is 0.678. The van der Waals surface area contributed by atoms with Gasteiger partial charge < -0.3 is 15.2 Å². The summed E-state index contributed by atoms with van der Waals surface area (Å²) in [5, 5.41) is 6.00. The number of carbonyl (C=O) groups excluding carboxylic acids is 1. The van der Waals surface area contributed by atoms with Gasteiger partial charge in [0.05, 0.1) is 35.7 Å². The van der Waals surface area contributed by atoms with E-state index in [1.54, 1.807) is 4.57 Å². The summed E-state index contributed by atoms with van der Waals surface area (Å²) in [6.45, 7) is 1.81. The standard InChI is InChI=1S/C19H18F2N6O/c20-17-11-6-14(26-19(28)10-2-1-3-10)23-7-12(11)25-18(21)16(17)13-8-24-15-9-22-4-5-27(13)15/h6-8,10,22H,1-5,9H2,(H,23,26,28). The van der Waals surface area contributed by atoms with E-state index in [0.717, 1.165) is 25.1 Å². The molecule has 0 atom stereocenters. The largest absolute Gasteiger partial charge is 0.325 e. The molecule has 0 saturated heterocycles. The van der Waals surface area contributed by atoms with Gasteiger partial charge in [0.1, 0.15) is 17.5 Å². The number of amides is 1. The molecule has 144 valence electrons. The van der Waals surface area contributed by atoms with Crippen molar-refractivity contribution in [3.05, 3.63) is 36.0 Å². The lowest BCUT2D eigenvalue weighted by molar-refractivity contribution is -0.122. The summed E-state index contributed by atoms with van der Waals surface area (Å²) >= 11 is 0. The Kier molecular flexibility index (Phi) is 4.04. The SMILES string of the molecule is O=C(Nc1cc2c(F)c(-c3cnc4n3CCNC4)c(F)nc2cn1)C1CCC1. The van der Waals surface area contributed by atoms with Gasteiger partial charge in [-0.3, -0.25) is 4.79 Å². The van der Waals surface area contributed by atoms with Gasteiger partial charge >= 0.3 is 0 Å². The maximum atomic E-state index is 15.3. The summed E-state index contributed by atoms with van der Waals surface area (Å²) < 4.78 is 31.8. The van der Waals surface area contributed by atoms with Crippen molar-refractivity contribution in [1.82, 2.24) is 24.8 Å². The van der Waals surface area contributed by atoms with Crippen molar-refractivity contribution in [2.24, 2.45) is 5.92 Å². The van der Waals surface area contributed by atoms with Gasteiger partial charge in [-0.1, -0.05) is 6.42 Å². The van der Waals surface area contributed by atoms with Gasteiger partial charge in [-0.05, 0) is 18.9 Å². The number of hydrogen-bond donors (Lipinski definition) is 2. The van der Waals surface area contributed by atoms with Crippen molar-refractivity contribution < 1.29 is 13.6 Å². The Morgan fingerprint density at radius 3 is 2.89 bits per heavy atom. The van der Waals surface area contributed by atoms with Crippen LogP contribution in [0.4, 0.5) is 14.6 Å². The second kappa shape index (κ2) is 6.59. The van der Waals surface area contributed by atoms with Crippen molar-refractivity contribution in [1.29, 1.82) is 0 Å². The lowest BCUT2D eigenvalue weighted by Crippen LogP contribution is -2.28. The molecule has 0 radical (unpaired) electrons. The van der Waals surface area contributed by atoms with Gasteiger partial charge in [-0.2, -0.15) is 4.39 Å². The van der Waals surface area contributed by atoms with Crippen LogP contribution >= 0.6 is 0 Å². The third-order valence-corrected chi connectivity index (χ3v) is 5.48. The molecule has 0 unspecified atom stereocenters. The van der Waals surface area contributed by atoms with Crippen LogP contribution in [0.3, 0.4) is 0 Å². The first-order valence-electron chi connectivity index (χ1n) is 9.33. The monoisotopic (exact) mass is 384 g/mol. The fraction of sp³-hybridized carbons (Fsp3) is 0.368. The number of nitrogens with one attached hydrogen (secondary N) is 2. The summed E-state index contributed by atoms with van der Waals surface area (Å²) in [5.41, 5.74) is 0.244. The minimum Gasteiger partial charge on any atom is -0.325 e. The van der Waals surface area contributed by atoms with Crippen molar-refractivity contribution in [2.45, 2.75) is 32.4 Å². The molecule has 2 N–H and O–H groups in total. The van der Waals surface area contributed by atoms with E-state index in [-0.39, 0.29) is 34.1 Å². The predicted octanol–water partition coefficient (Wildman–Crippen LogP) is 2.61. The van der Waals surface area contributed by atoms with Crippen LogP contribution < -0.4 is 10.6 Å². The van der Waals surface area contributed by atoms with Gasteiger partial charge in [0, 0.05) is 24.4 Å². The molecule has 0 bridgehead atoms. The number of fused-ring (bicyclic) bond motifs is 2. The molecule has 0 aromatic carbocycles. The number of carbonyl (C=O) groups is 1. The molecule has 1 aliphatic heterocycles. The van der Waals surface area contributed by atoms with Crippen LogP contribution in [0.2, 0.25) is 0 Å². The summed E-state index contributed by atoms with van der Waals surface area (Å²) in [5.74, 6) is -0.808. The molecule has 0 spiro atoms. The van der Waals surface area contributed by atoms with Gasteiger partial charge in [-0.15, -0.1) is 0 Å². The highest BCUT2D eigenvalue weighted by Crippen LogP contribution is 2.32. The van der Waals surface area contributed by atoms with E-state index >= 15 is 4.39 Å². The van der Waals surface area contributed by atoms with Gasteiger partial charge in [0.2, 0.25) is 11.9 Å². The van der Waals surface area contributed by atoms with Gasteiger partial charge in [-0.25, -0.2) is 19.3 Å². The normalized spacial score (nSPS) is 16.6. The molecular formula is C19H18F2N6O. The number of nitrogens with zero attached hydrogens (tertiary/aromatic N) is 4. The number of rotatable bonds is 3. The van der Waals surface area contributed by atoms with Crippen LogP contribution in [0.15, 0.2) is 18.5 Å². The first kappa shape index (κ1) is 17.2. The molecule has 5 rings (SSSR count). The van der Waals surface area contributed by atoms with Crippen molar-refractivity contribution in [3.8, 4) is 11.3 Å². The Balaban J connectivity index is 1.58. The van der Waals surface area contributed by atoms with Crippen LogP contribution in [-0.4, -0.2) is 32.0 Å². The second-order valence-electron chi connectivity index (χ2n) is 7.18. The highest BCUT2D eigenvalue weighted by Gasteiger charge is 2.26. The van der Waals surface area contributed by atoms with E-state index in [0.29, 0.717) is 25.3 Å². The third-order valence-electron chi connectivity index (χ3n) is 5.48. The molecule has 1 fully saturated rings. The molecule has 1 aliphatic carbocycles. The first-order chi connectivity index (χ1) is 13.6. The van der Waals surface area contributed by atoms with Crippen LogP contribution in [0, 0.1) is 17.7 Å². The molecule has 4 heterocycles. The molecular weight excluding hydrogens is 366 g/mol. The van der Waals surface area contributed by atoms with Crippen LogP contribution in [0.5, 0.6) is 0 Å². The topological polar surface area (TPSA) is 84.7 Å². The van der Waals surface area contributed by atoms with Gasteiger partial charge in [0.25, 0.3) is 0 Å². The van der Waals surface area contributed by atoms with Crippen molar-refractivity contribution in [2.75, 3.05) is 11.9 Å². The number of halogens is 2. The Bertz CT molecular complexity index is 1090. The second-order valence-corrected chi connectivity index (χ2v) is 7.18. The third kappa shape index (κ3) is 2.73. The number of pyridine rings is 2. The Labute approximate surface area is 159 Å². The lowest BCUT2D eigenvalue weighted by atomic mass is 9.85. The number of aromatic nitrogens is 4. The zero-order chi connectivity index (χ0) is 19.3. The molecule has 3 aromatic heterocycles. The average Bonchev–Trinajstić information content (AvgIpc) is 3.05. The molecule has 2 aliphatic rings. The van der Waals surface area contributed by atoms with E-state index in [1.165, 1.54) is 18.5 Å². The van der Waals surface area contributed by atoms with E-state index < -0.39 is 11.8 Å². The lowest BCUT2D eigenvalue weighted by Gasteiger charge is -2.23. The fourth-order valence-corrected chi connectivity index (χ4v) is 3.68. The highest BCUT2D eigenvalue weighted by atomic mass is 19.1. The minimum atomic E-state index is -0.903. The van der Waals surface area contributed by atoms with Crippen LogP contribution in [0.25, 0.3) is 22.2 Å². The summed E-state index contributed by atoms with van der Waals surface area (Å²) in [4.78, 5) is 24.4. The fourth-order valence-electron chi connectivity index (χ4n) is 3.68. The molecule has 9 heteroatoms. The van der Waals surface area contributed by atoms with E-state index in [4.69, 9.17) is 0 Å². The summed E-state index contributed by atoms with van der Waals surface area (Å²) in [6, 6.07) is 1.41. The Morgan fingerprint density at radius 2 is 2.11 bits per heavy atom. The minimum absolute atomic E-state index is 0.0174.